The summed E-state index contributed by atoms with van der Waals surface area (Å²) in [6, 6.07) is 0.00898. The second-order valence-electron chi connectivity index (χ2n) is 3.09. The number of nitrogens with one attached hydrogen (secondary N) is 1. The van der Waals surface area contributed by atoms with E-state index in [1.165, 1.54) is 0 Å². The van der Waals surface area contributed by atoms with Gasteiger partial charge in [-0.05, 0) is 12.8 Å². The maximum Gasteiger partial charge on any atom is 0.328 e. The highest BCUT2D eigenvalue weighted by molar-refractivity contribution is 5.93. The third-order valence-electron chi connectivity index (χ3n) is 1.88. The number of carbonyl (C=O) groups is 2. The van der Waals surface area contributed by atoms with Crippen molar-refractivity contribution < 1.29 is 19.4 Å². The predicted molar refractivity (Wildman–Crippen MR) is 48.8 cm³/mol. The monoisotopic (exact) mass is 199 g/mol. The van der Waals surface area contributed by atoms with E-state index in [1.54, 1.807) is 0 Å². The van der Waals surface area contributed by atoms with Gasteiger partial charge in [0.2, 0.25) is 5.91 Å². The van der Waals surface area contributed by atoms with E-state index in [9.17, 15) is 9.59 Å². The number of carboxylic acids is 1. The fraction of sp³-hybridized carbons (Fsp3) is 0.556. The van der Waals surface area contributed by atoms with Gasteiger partial charge in [0.05, 0.1) is 12.6 Å². The molecule has 5 nitrogen and oxygen atoms in total. The van der Waals surface area contributed by atoms with Crippen LogP contribution in [0.15, 0.2) is 12.2 Å². The number of rotatable bonds is 3. The molecule has 0 saturated carbocycles. The van der Waals surface area contributed by atoms with E-state index in [4.69, 9.17) is 9.84 Å². The van der Waals surface area contributed by atoms with Gasteiger partial charge in [-0.1, -0.05) is 0 Å². The number of hydrogen-bond acceptors (Lipinski definition) is 3. The largest absolute Gasteiger partial charge is 0.478 e. The smallest absolute Gasteiger partial charge is 0.328 e. The van der Waals surface area contributed by atoms with Crippen molar-refractivity contribution in [3.05, 3.63) is 12.2 Å². The van der Waals surface area contributed by atoms with Gasteiger partial charge in [0, 0.05) is 18.8 Å². The fourth-order valence-electron chi connectivity index (χ4n) is 1.25. The second kappa shape index (κ2) is 5.39. The van der Waals surface area contributed by atoms with Gasteiger partial charge in [-0.2, -0.15) is 0 Å². The highest BCUT2D eigenvalue weighted by Crippen LogP contribution is 2.05. The van der Waals surface area contributed by atoms with Crippen molar-refractivity contribution in [2.45, 2.75) is 18.9 Å². The number of hydrogen-bond donors (Lipinski definition) is 2. The van der Waals surface area contributed by atoms with E-state index in [0.717, 1.165) is 31.6 Å². The van der Waals surface area contributed by atoms with Crippen molar-refractivity contribution in [3.8, 4) is 0 Å². The predicted octanol–water partition coefficient (Wildman–Crippen LogP) is -0.0776. The number of amides is 1. The molecule has 0 aliphatic carbocycles. The summed E-state index contributed by atoms with van der Waals surface area (Å²) in [5, 5.41) is 10.9. The molecule has 2 N–H and O–H groups in total. The Kier molecular flexibility index (Phi) is 4.12. The van der Waals surface area contributed by atoms with Crippen LogP contribution in [0.5, 0.6) is 0 Å². The van der Waals surface area contributed by atoms with Gasteiger partial charge in [0.15, 0.2) is 0 Å². The molecule has 78 valence electrons. The Morgan fingerprint density at radius 3 is 2.79 bits per heavy atom. The fourth-order valence-corrected chi connectivity index (χ4v) is 1.25. The van der Waals surface area contributed by atoms with E-state index in [1.807, 2.05) is 0 Å². The summed E-state index contributed by atoms with van der Waals surface area (Å²) >= 11 is 0. The molecule has 1 fully saturated rings. The summed E-state index contributed by atoms with van der Waals surface area (Å²) in [7, 11) is 0. The maximum atomic E-state index is 11.1. The Balaban J connectivity index is 2.28. The number of carbonyl (C=O) groups excluding carboxylic acids is 1. The lowest BCUT2D eigenvalue weighted by Crippen LogP contribution is -2.39. The first-order valence-corrected chi connectivity index (χ1v) is 4.48. The van der Waals surface area contributed by atoms with Crippen LogP contribution < -0.4 is 5.32 Å². The van der Waals surface area contributed by atoms with Crippen LogP contribution in [0.1, 0.15) is 12.8 Å². The van der Waals surface area contributed by atoms with Crippen LogP contribution in [0, 0.1) is 0 Å². The molecule has 0 aromatic rings. The molecule has 1 aliphatic rings. The molecule has 1 saturated heterocycles. The Hall–Kier alpha value is -1.36. The summed E-state index contributed by atoms with van der Waals surface area (Å²) in [6.45, 7) is 1.24. The molecule has 14 heavy (non-hydrogen) atoms. The molecule has 0 radical (unpaired) electrons. The van der Waals surface area contributed by atoms with Crippen molar-refractivity contribution in [2.24, 2.45) is 0 Å². The van der Waals surface area contributed by atoms with Crippen LogP contribution in [-0.4, -0.2) is 36.2 Å². The zero-order chi connectivity index (χ0) is 10.4. The van der Waals surface area contributed by atoms with Crippen LogP contribution in [-0.2, 0) is 14.3 Å². The Bertz CT molecular complexity index is 243. The SMILES string of the molecule is O=C(O)C=CC(=O)NC1CCCOC1. The minimum Gasteiger partial charge on any atom is -0.478 e. The van der Waals surface area contributed by atoms with Crippen LogP contribution >= 0.6 is 0 Å². The van der Waals surface area contributed by atoms with Crippen LogP contribution in [0.3, 0.4) is 0 Å². The number of ether oxygens (including phenoxy) is 1. The molecule has 0 spiro atoms. The zero-order valence-corrected chi connectivity index (χ0v) is 7.73. The normalized spacial score (nSPS) is 22.1. The van der Waals surface area contributed by atoms with Crippen LogP contribution in [0.25, 0.3) is 0 Å². The highest BCUT2D eigenvalue weighted by atomic mass is 16.5. The molecular weight excluding hydrogens is 186 g/mol. The molecule has 5 heteroatoms. The molecular formula is C9H13NO4. The Labute approximate surface area is 81.7 Å². The summed E-state index contributed by atoms with van der Waals surface area (Å²) in [5.41, 5.74) is 0. The van der Waals surface area contributed by atoms with Gasteiger partial charge in [-0.15, -0.1) is 0 Å². The first kappa shape index (κ1) is 10.7. The summed E-state index contributed by atoms with van der Waals surface area (Å²) in [6.07, 6.45) is 3.64. The minimum absolute atomic E-state index is 0.00898. The van der Waals surface area contributed by atoms with E-state index in [-0.39, 0.29) is 11.9 Å². The number of carboxylic acid groups (broad SMARTS) is 1. The Morgan fingerprint density at radius 1 is 1.43 bits per heavy atom. The molecule has 1 rings (SSSR count). The average Bonchev–Trinajstić information content (AvgIpc) is 2.16. The zero-order valence-electron chi connectivity index (χ0n) is 7.73. The van der Waals surface area contributed by atoms with Gasteiger partial charge in [0.25, 0.3) is 0 Å². The second-order valence-corrected chi connectivity index (χ2v) is 3.09. The molecule has 1 atom stereocenters. The standard InChI is InChI=1S/C9H13NO4/c11-8(3-4-9(12)13)10-7-2-1-5-14-6-7/h3-4,7H,1-2,5-6H2,(H,10,11)(H,12,13). The lowest BCUT2D eigenvalue weighted by atomic mass is 10.1. The molecule has 0 aromatic carbocycles. The van der Waals surface area contributed by atoms with Crippen molar-refractivity contribution in [2.75, 3.05) is 13.2 Å². The van der Waals surface area contributed by atoms with Crippen molar-refractivity contribution in [1.82, 2.24) is 5.32 Å². The van der Waals surface area contributed by atoms with Crippen LogP contribution in [0.4, 0.5) is 0 Å². The van der Waals surface area contributed by atoms with Gasteiger partial charge in [-0.3, -0.25) is 4.79 Å². The Morgan fingerprint density at radius 2 is 2.21 bits per heavy atom. The topological polar surface area (TPSA) is 75.6 Å². The van der Waals surface area contributed by atoms with Crippen molar-refractivity contribution >= 4 is 11.9 Å². The van der Waals surface area contributed by atoms with E-state index >= 15 is 0 Å². The van der Waals surface area contributed by atoms with Gasteiger partial charge >= 0.3 is 5.97 Å². The minimum atomic E-state index is -1.12. The average molecular weight is 199 g/mol. The lowest BCUT2D eigenvalue weighted by Gasteiger charge is -2.22. The third-order valence-corrected chi connectivity index (χ3v) is 1.88. The maximum absolute atomic E-state index is 11.1. The van der Waals surface area contributed by atoms with Crippen LogP contribution in [0.2, 0.25) is 0 Å². The summed E-state index contributed by atoms with van der Waals surface area (Å²) < 4.78 is 5.15. The van der Waals surface area contributed by atoms with Crippen molar-refractivity contribution in [3.63, 3.8) is 0 Å². The first-order chi connectivity index (χ1) is 6.68. The molecule has 1 heterocycles. The van der Waals surface area contributed by atoms with E-state index in [0.29, 0.717) is 6.61 Å². The molecule has 1 amide bonds. The van der Waals surface area contributed by atoms with Gasteiger partial charge < -0.3 is 15.2 Å². The quantitative estimate of drug-likeness (QED) is 0.623. The van der Waals surface area contributed by atoms with E-state index < -0.39 is 5.97 Å². The van der Waals surface area contributed by atoms with Crippen molar-refractivity contribution in [1.29, 1.82) is 0 Å². The van der Waals surface area contributed by atoms with E-state index in [2.05, 4.69) is 5.32 Å². The summed E-state index contributed by atoms with van der Waals surface area (Å²) in [5.74, 6) is -1.51. The first-order valence-electron chi connectivity index (χ1n) is 4.48. The highest BCUT2D eigenvalue weighted by Gasteiger charge is 2.14. The molecule has 1 aliphatic heterocycles. The lowest BCUT2D eigenvalue weighted by molar-refractivity contribution is -0.131. The number of aliphatic carboxylic acids is 1. The summed E-state index contributed by atoms with van der Waals surface area (Å²) in [4.78, 5) is 21.2. The van der Waals surface area contributed by atoms with Gasteiger partial charge in [0.1, 0.15) is 0 Å². The molecule has 0 bridgehead atoms. The third kappa shape index (κ3) is 4.04. The molecule has 1 unspecified atom stereocenters. The van der Waals surface area contributed by atoms with Gasteiger partial charge in [-0.25, -0.2) is 4.79 Å². The molecule has 0 aromatic heterocycles.